The fourth-order valence-electron chi connectivity index (χ4n) is 3.07. The van der Waals surface area contributed by atoms with E-state index in [1.807, 2.05) is 0 Å². The fraction of sp³-hybridized carbons (Fsp3) is 0.350. The molecular weight excluding hydrogens is 362 g/mol. The van der Waals surface area contributed by atoms with Crippen LogP contribution < -0.4 is 0 Å². The highest BCUT2D eigenvalue weighted by atomic mass is 19.4. The van der Waals surface area contributed by atoms with E-state index in [2.05, 4.69) is 0 Å². The minimum Gasteiger partial charge on any atom is -0.372 e. The van der Waals surface area contributed by atoms with Crippen LogP contribution in [0, 0.1) is 5.82 Å². The van der Waals surface area contributed by atoms with Crippen molar-refractivity contribution in [2.75, 3.05) is 13.1 Å². The van der Waals surface area contributed by atoms with Gasteiger partial charge < -0.3 is 9.64 Å². The highest BCUT2D eigenvalue weighted by Gasteiger charge is 2.30. The van der Waals surface area contributed by atoms with Crippen LogP contribution in [0.15, 0.2) is 48.5 Å². The van der Waals surface area contributed by atoms with Crippen LogP contribution in [0.1, 0.15) is 34.3 Å². The topological polar surface area (TPSA) is 29.5 Å². The number of piperidine rings is 1. The van der Waals surface area contributed by atoms with E-state index in [4.69, 9.17) is 4.74 Å². The van der Waals surface area contributed by atoms with Crippen molar-refractivity contribution in [1.82, 2.24) is 4.90 Å². The molecule has 7 heteroatoms. The molecule has 3 nitrogen and oxygen atoms in total. The van der Waals surface area contributed by atoms with Crippen molar-refractivity contribution in [1.29, 1.82) is 0 Å². The second-order valence-electron chi connectivity index (χ2n) is 6.53. The van der Waals surface area contributed by atoms with E-state index in [9.17, 15) is 22.4 Å². The quantitative estimate of drug-likeness (QED) is 0.721. The molecule has 0 unspecified atom stereocenters. The van der Waals surface area contributed by atoms with Crippen LogP contribution in [-0.4, -0.2) is 30.0 Å². The third-order valence-electron chi connectivity index (χ3n) is 4.50. The summed E-state index contributed by atoms with van der Waals surface area (Å²) >= 11 is 0. The number of halogens is 4. The minimum atomic E-state index is -4.36. The van der Waals surface area contributed by atoms with E-state index in [0.717, 1.165) is 25.0 Å². The van der Waals surface area contributed by atoms with Crippen LogP contribution in [0.3, 0.4) is 0 Å². The maximum absolute atomic E-state index is 13.3. The predicted octanol–water partition coefficient (Wildman–Crippen LogP) is 4.67. The van der Waals surface area contributed by atoms with Crippen LogP contribution in [0.2, 0.25) is 0 Å². The van der Waals surface area contributed by atoms with Gasteiger partial charge in [0.1, 0.15) is 5.82 Å². The number of ether oxygens (including phenoxy) is 1. The molecule has 1 aliphatic heterocycles. The van der Waals surface area contributed by atoms with E-state index in [1.165, 1.54) is 30.3 Å². The Hall–Kier alpha value is -2.41. The zero-order valence-corrected chi connectivity index (χ0v) is 14.5. The van der Waals surface area contributed by atoms with Crippen LogP contribution >= 0.6 is 0 Å². The number of carbonyl (C=O) groups excluding carboxylic acids is 1. The van der Waals surface area contributed by atoms with Gasteiger partial charge in [-0.25, -0.2) is 4.39 Å². The van der Waals surface area contributed by atoms with Gasteiger partial charge in [0.25, 0.3) is 5.91 Å². The molecule has 0 aromatic heterocycles. The Morgan fingerprint density at radius 3 is 2.56 bits per heavy atom. The first kappa shape index (κ1) is 19.4. The van der Waals surface area contributed by atoms with Gasteiger partial charge in [-0.05, 0) is 48.7 Å². The SMILES string of the molecule is O=C(c1cccc(F)c1)N1CCC[C@H](OCc2ccc(C(F)(F)F)cc2)C1. The normalized spacial score (nSPS) is 17.8. The molecule has 2 aromatic rings. The largest absolute Gasteiger partial charge is 0.416 e. The average Bonchev–Trinajstić information content (AvgIpc) is 2.65. The highest BCUT2D eigenvalue weighted by Crippen LogP contribution is 2.29. The van der Waals surface area contributed by atoms with Crippen LogP contribution in [0.4, 0.5) is 17.6 Å². The number of alkyl halides is 3. The Morgan fingerprint density at radius 1 is 1.15 bits per heavy atom. The summed E-state index contributed by atoms with van der Waals surface area (Å²) < 4.78 is 56.9. The summed E-state index contributed by atoms with van der Waals surface area (Å²) in [5.41, 5.74) is 0.228. The van der Waals surface area contributed by atoms with Crippen molar-refractivity contribution in [3.8, 4) is 0 Å². The van der Waals surface area contributed by atoms with Gasteiger partial charge in [0, 0.05) is 18.7 Å². The van der Waals surface area contributed by atoms with Gasteiger partial charge in [0.15, 0.2) is 0 Å². The molecule has 0 bridgehead atoms. The van der Waals surface area contributed by atoms with Crippen molar-refractivity contribution in [2.24, 2.45) is 0 Å². The molecule has 2 aromatic carbocycles. The van der Waals surface area contributed by atoms with Gasteiger partial charge in [0.2, 0.25) is 0 Å². The average molecular weight is 381 g/mol. The van der Waals surface area contributed by atoms with E-state index in [1.54, 1.807) is 11.0 Å². The van der Waals surface area contributed by atoms with Gasteiger partial charge in [-0.3, -0.25) is 4.79 Å². The molecule has 27 heavy (non-hydrogen) atoms. The molecule has 1 fully saturated rings. The fourth-order valence-corrected chi connectivity index (χ4v) is 3.07. The van der Waals surface area contributed by atoms with Crippen LogP contribution in [0.5, 0.6) is 0 Å². The minimum absolute atomic E-state index is 0.171. The summed E-state index contributed by atoms with van der Waals surface area (Å²) in [6, 6.07) is 10.4. The number of hydrogen-bond acceptors (Lipinski definition) is 2. The molecule has 0 N–H and O–H groups in total. The molecule has 3 rings (SSSR count). The molecule has 144 valence electrons. The van der Waals surface area contributed by atoms with E-state index >= 15 is 0 Å². The van der Waals surface area contributed by atoms with Gasteiger partial charge in [-0.15, -0.1) is 0 Å². The van der Waals surface area contributed by atoms with Crippen molar-refractivity contribution in [2.45, 2.75) is 31.7 Å². The van der Waals surface area contributed by atoms with Gasteiger partial charge in [-0.1, -0.05) is 18.2 Å². The number of hydrogen-bond donors (Lipinski definition) is 0. The van der Waals surface area contributed by atoms with Crippen molar-refractivity contribution in [3.05, 3.63) is 71.0 Å². The zero-order chi connectivity index (χ0) is 19.4. The Balaban J connectivity index is 1.56. The molecule has 0 radical (unpaired) electrons. The Kier molecular flexibility index (Phi) is 5.79. The monoisotopic (exact) mass is 381 g/mol. The summed E-state index contributed by atoms with van der Waals surface area (Å²) in [7, 11) is 0. The van der Waals surface area contributed by atoms with Crippen molar-refractivity contribution < 1.29 is 27.1 Å². The van der Waals surface area contributed by atoms with Gasteiger partial charge >= 0.3 is 6.18 Å². The maximum atomic E-state index is 13.3. The standard InChI is InChI=1S/C20H19F4NO2/c21-17-4-1-3-15(11-17)19(26)25-10-2-5-18(12-25)27-13-14-6-8-16(9-7-14)20(22,23)24/h1,3-4,6-9,11,18H,2,5,10,12-13H2/t18-/m0/s1. The predicted molar refractivity (Wildman–Crippen MR) is 91.6 cm³/mol. The lowest BCUT2D eigenvalue weighted by molar-refractivity contribution is -0.137. The Morgan fingerprint density at radius 2 is 1.89 bits per heavy atom. The Labute approximate surface area is 154 Å². The molecule has 1 atom stereocenters. The van der Waals surface area contributed by atoms with Crippen LogP contribution in [0.25, 0.3) is 0 Å². The third-order valence-corrected chi connectivity index (χ3v) is 4.50. The molecule has 1 heterocycles. The number of nitrogens with zero attached hydrogens (tertiary/aromatic N) is 1. The Bertz CT molecular complexity index is 789. The molecule has 1 amide bonds. The lowest BCUT2D eigenvalue weighted by Crippen LogP contribution is -2.43. The molecule has 0 saturated carbocycles. The molecule has 0 aliphatic carbocycles. The third kappa shape index (κ3) is 5.07. The summed E-state index contributed by atoms with van der Waals surface area (Å²) in [5, 5.41) is 0. The summed E-state index contributed by atoms with van der Waals surface area (Å²) in [6.07, 6.45) is -3.06. The number of amides is 1. The smallest absolute Gasteiger partial charge is 0.372 e. The number of rotatable bonds is 4. The maximum Gasteiger partial charge on any atom is 0.416 e. The molecule has 1 aliphatic rings. The van der Waals surface area contributed by atoms with E-state index in [0.29, 0.717) is 24.2 Å². The number of likely N-dealkylation sites (tertiary alicyclic amines) is 1. The zero-order valence-electron chi connectivity index (χ0n) is 14.5. The lowest BCUT2D eigenvalue weighted by Gasteiger charge is -2.32. The lowest BCUT2D eigenvalue weighted by atomic mass is 10.1. The summed E-state index contributed by atoms with van der Waals surface area (Å²) in [5.74, 6) is -0.717. The second kappa shape index (κ2) is 8.08. The number of benzene rings is 2. The summed E-state index contributed by atoms with van der Waals surface area (Å²) in [6.45, 7) is 1.11. The van der Waals surface area contributed by atoms with Crippen LogP contribution in [-0.2, 0) is 17.5 Å². The van der Waals surface area contributed by atoms with E-state index in [-0.39, 0.29) is 18.6 Å². The second-order valence-corrected chi connectivity index (χ2v) is 6.53. The molecule has 1 saturated heterocycles. The molecular formula is C20H19F4NO2. The van der Waals surface area contributed by atoms with Gasteiger partial charge in [0.05, 0.1) is 18.3 Å². The first-order chi connectivity index (χ1) is 12.8. The van der Waals surface area contributed by atoms with Crippen molar-refractivity contribution >= 4 is 5.91 Å². The molecule has 0 spiro atoms. The van der Waals surface area contributed by atoms with Crippen molar-refractivity contribution in [3.63, 3.8) is 0 Å². The first-order valence-electron chi connectivity index (χ1n) is 8.65. The van der Waals surface area contributed by atoms with Gasteiger partial charge in [-0.2, -0.15) is 13.2 Å². The number of carbonyl (C=O) groups is 1. The summed E-state index contributed by atoms with van der Waals surface area (Å²) in [4.78, 5) is 14.1. The highest BCUT2D eigenvalue weighted by molar-refractivity contribution is 5.94. The first-order valence-corrected chi connectivity index (χ1v) is 8.65. The van der Waals surface area contributed by atoms with E-state index < -0.39 is 17.6 Å².